The molecule has 0 radical (unpaired) electrons. The van der Waals surface area contributed by atoms with E-state index in [1.807, 2.05) is 13.8 Å². The lowest BCUT2D eigenvalue weighted by Gasteiger charge is -2.15. The number of hydrogen-bond donors (Lipinski definition) is 3. The molecule has 3 N–H and O–H groups in total. The van der Waals surface area contributed by atoms with Crippen LogP contribution in [0.4, 0.5) is 5.69 Å². The quantitative estimate of drug-likeness (QED) is 0.705. The molecule has 2 rings (SSSR count). The van der Waals surface area contributed by atoms with Crippen molar-refractivity contribution >= 4 is 28.9 Å². The van der Waals surface area contributed by atoms with Crippen LogP contribution in [-0.2, 0) is 11.2 Å². The zero-order chi connectivity index (χ0) is 17.0. The van der Waals surface area contributed by atoms with E-state index >= 15 is 0 Å². The summed E-state index contributed by atoms with van der Waals surface area (Å²) in [5.74, 6) is -0.876. The molecule has 0 saturated heterocycles. The maximum absolute atomic E-state index is 12.1. The largest absolute Gasteiger partial charge is 0.508 e. The van der Waals surface area contributed by atoms with Crippen molar-refractivity contribution in [1.29, 1.82) is 0 Å². The van der Waals surface area contributed by atoms with Gasteiger partial charge in [-0.3, -0.25) is 4.79 Å². The Bertz CT molecular complexity index is 723. The predicted octanol–water partition coefficient (Wildman–Crippen LogP) is 3.12. The number of anilines is 1. The van der Waals surface area contributed by atoms with Crippen LogP contribution in [0.25, 0.3) is 0 Å². The van der Waals surface area contributed by atoms with Gasteiger partial charge in [-0.25, -0.2) is 4.79 Å². The maximum atomic E-state index is 12.1. The standard InChI is InChI=1S/C16H17NO5S/c1-9(2)22-13-7-11(18)3-4-12(13)17-15(19)6-10-5-14(16(20)21)23-8-10/h3-5,7-9,18H,6H2,1-2H3,(H,17,19)(H,20,21). The number of carbonyl (C=O) groups excluding carboxylic acids is 1. The molecule has 2 aromatic rings. The van der Waals surface area contributed by atoms with Crippen LogP contribution in [0.15, 0.2) is 29.6 Å². The van der Waals surface area contributed by atoms with E-state index in [0.717, 1.165) is 11.3 Å². The van der Waals surface area contributed by atoms with Gasteiger partial charge in [-0.2, -0.15) is 0 Å². The van der Waals surface area contributed by atoms with E-state index < -0.39 is 5.97 Å². The first-order valence-electron chi connectivity index (χ1n) is 6.95. The van der Waals surface area contributed by atoms with E-state index in [4.69, 9.17) is 9.84 Å². The van der Waals surface area contributed by atoms with Crippen LogP contribution in [0.2, 0.25) is 0 Å². The van der Waals surface area contributed by atoms with Crippen LogP contribution in [0.5, 0.6) is 11.5 Å². The van der Waals surface area contributed by atoms with Gasteiger partial charge in [0.15, 0.2) is 0 Å². The molecule has 0 saturated carbocycles. The maximum Gasteiger partial charge on any atom is 0.345 e. The van der Waals surface area contributed by atoms with E-state index in [1.54, 1.807) is 11.4 Å². The molecule has 1 amide bonds. The third-order valence-electron chi connectivity index (χ3n) is 2.83. The minimum atomic E-state index is -1.01. The molecule has 0 aliphatic rings. The van der Waals surface area contributed by atoms with Crippen LogP contribution in [0.3, 0.4) is 0 Å². The third kappa shape index (κ3) is 4.72. The van der Waals surface area contributed by atoms with Crippen molar-refractivity contribution in [3.63, 3.8) is 0 Å². The summed E-state index contributed by atoms with van der Waals surface area (Å²) in [6.45, 7) is 3.68. The number of aromatic hydroxyl groups is 1. The van der Waals surface area contributed by atoms with Crippen molar-refractivity contribution in [1.82, 2.24) is 0 Å². The number of carboxylic acids is 1. The Hall–Kier alpha value is -2.54. The number of ether oxygens (including phenoxy) is 1. The second kappa shape index (κ2) is 7.15. The fourth-order valence-electron chi connectivity index (χ4n) is 1.93. The van der Waals surface area contributed by atoms with Crippen LogP contribution >= 0.6 is 11.3 Å². The van der Waals surface area contributed by atoms with Crippen LogP contribution < -0.4 is 10.1 Å². The number of phenols is 1. The monoisotopic (exact) mass is 335 g/mol. The molecule has 6 nitrogen and oxygen atoms in total. The van der Waals surface area contributed by atoms with Gasteiger partial charge in [-0.05, 0) is 43.0 Å². The highest BCUT2D eigenvalue weighted by molar-refractivity contribution is 7.12. The fraction of sp³-hybridized carbons (Fsp3) is 0.250. The molecule has 1 heterocycles. The van der Waals surface area contributed by atoms with Gasteiger partial charge in [-0.15, -0.1) is 11.3 Å². The number of thiophene rings is 1. The predicted molar refractivity (Wildman–Crippen MR) is 87.5 cm³/mol. The molecule has 0 aliphatic carbocycles. The van der Waals surface area contributed by atoms with E-state index in [1.165, 1.54) is 18.2 Å². The molecular formula is C16H17NO5S. The van der Waals surface area contributed by atoms with Gasteiger partial charge in [0.05, 0.1) is 18.2 Å². The van der Waals surface area contributed by atoms with Crippen molar-refractivity contribution in [3.8, 4) is 11.5 Å². The van der Waals surface area contributed by atoms with E-state index in [2.05, 4.69) is 5.32 Å². The topological polar surface area (TPSA) is 95.9 Å². The number of phenolic OH excluding ortho intramolecular Hbond substituents is 1. The second-order valence-corrected chi connectivity index (χ2v) is 6.11. The van der Waals surface area contributed by atoms with Gasteiger partial charge < -0.3 is 20.3 Å². The summed E-state index contributed by atoms with van der Waals surface area (Å²) < 4.78 is 5.56. The average molecular weight is 335 g/mol. The summed E-state index contributed by atoms with van der Waals surface area (Å²) in [5.41, 5.74) is 1.09. The summed E-state index contributed by atoms with van der Waals surface area (Å²) in [6.07, 6.45) is -0.0476. The lowest BCUT2D eigenvalue weighted by atomic mass is 10.2. The lowest BCUT2D eigenvalue weighted by molar-refractivity contribution is -0.115. The molecule has 7 heteroatoms. The molecule has 0 spiro atoms. The van der Waals surface area contributed by atoms with E-state index in [-0.39, 0.29) is 29.1 Å². The van der Waals surface area contributed by atoms with Crippen LogP contribution in [0.1, 0.15) is 29.1 Å². The van der Waals surface area contributed by atoms with Crippen LogP contribution in [0, 0.1) is 0 Å². The Morgan fingerprint density at radius 2 is 2.04 bits per heavy atom. The van der Waals surface area contributed by atoms with Gasteiger partial charge in [0.2, 0.25) is 5.91 Å². The summed E-state index contributed by atoms with van der Waals surface area (Å²) in [6, 6.07) is 5.93. The van der Waals surface area contributed by atoms with E-state index in [9.17, 15) is 14.7 Å². The molecule has 0 unspecified atom stereocenters. The summed E-state index contributed by atoms with van der Waals surface area (Å²) >= 11 is 1.08. The summed E-state index contributed by atoms with van der Waals surface area (Å²) in [5, 5.41) is 22.8. The number of carboxylic acid groups (broad SMARTS) is 1. The number of nitrogens with one attached hydrogen (secondary N) is 1. The van der Waals surface area contributed by atoms with Gasteiger partial charge in [-0.1, -0.05) is 0 Å². The average Bonchev–Trinajstić information content (AvgIpc) is 2.90. The van der Waals surface area contributed by atoms with Gasteiger partial charge >= 0.3 is 5.97 Å². The minimum Gasteiger partial charge on any atom is -0.508 e. The van der Waals surface area contributed by atoms with Crippen LogP contribution in [-0.4, -0.2) is 28.2 Å². The molecule has 0 bridgehead atoms. The van der Waals surface area contributed by atoms with Crippen molar-refractivity contribution in [3.05, 3.63) is 40.1 Å². The fourth-order valence-corrected chi connectivity index (χ4v) is 2.68. The SMILES string of the molecule is CC(C)Oc1cc(O)ccc1NC(=O)Cc1csc(C(=O)O)c1. The molecule has 0 fully saturated rings. The van der Waals surface area contributed by atoms with Crippen molar-refractivity contribution < 1.29 is 24.5 Å². The number of benzene rings is 1. The molecule has 1 aromatic carbocycles. The van der Waals surface area contributed by atoms with Crippen molar-refractivity contribution in [2.45, 2.75) is 26.4 Å². The number of amides is 1. The number of carbonyl (C=O) groups is 2. The van der Waals surface area contributed by atoms with Gasteiger partial charge in [0.1, 0.15) is 16.4 Å². The zero-order valence-corrected chi connectivity index (χ0v) is 13.5. The second-order valence-electron chi connectivity index (χ2n) is 5.20. The van der Waals surface area contributed by atoms with Crippen molar-refractivity contribution in [2.75, 3.05) is 5.32 Å². The first-order valence-corrected chi connectivity index (χ1v) is 7.83. The smallest absolute Gasteiger partial charge is 0.345 e. The molecule has 23 heavy (non-hydrogen) atoms. The number of rotatable bonds is 6. The Kier molecular flexibility index (Phi) is 5.23. The summed E-state index contributed by atoms with van der Waals surface area (Å²) in [4.78, 5) is 23.1. The first kappa shape index (κ1) is 16.8. The van der Waals surface area contributed by atoms with E-state index in [0.29, 0.717) is 17.0 Å². The highest BCUT2D eigenvalue weighted by Crippen LogP contribution is 2.30. The third-order valence-corrected chi connectivity index (χ3v) is 3.80. The highest BCUT2D eigenvalue weighted by Gasteiger charge is 2.13. The molecular weight excluding hydrogens is 318 g/mol. The number of hydrogen-bond acceptors (Lipinski definition) is 5. The normalized spacial score (nSPS) is 10.6. The Morgan fingerprint density at radius 1 is 1.30 bits per heavy atom. The van der Waals surface area contributed by atoms with Crippen molar-refractivity contribution in [2.24, 2.45) is 0 Å². The Balaban J connectivity index is 2.08. The summed E-state index contributed by atoms with van der Waals surface area (Å²) in [7, 11) is 0. The zero-order valence-electron chi connectivity index (χ0n) is 12.7. The minimum absolute atomic E-state index is 0.0441. The first-order chi connectivity index (χ1) is 10.8. The molecule has 1 aromatic heterocycles. The highest BCUT2D eigenvalue weighted by atomic mass is 32.1. The Labute approximate surface area is 137 Å². The Morgan fingerprint density at radius 3 is 2.65 bits per heavy atom. The lowest BCUT2D eigenvalue weighted by Crippen LogP contribution is -2.16. The molecule has 0 atom stereocenters. The van der Waals surface area contributed by atoms with Gasteiger partial charge in [0.25, 0.3) is 0 Å². The van der Waals surface area contributed by atoms with Gasteiger partial charge in [0, 0.05) is 6.07 Å². The molecule has 122 valence electrons. The molecule has 0 aliphatic heterocycles. The number of aromatic carboxylic acids is 1.